The number of benzene rings is 2. The van der Waals surface area contributed by atoms with Gasteiger partial charge in [0, 0.05) is 19.2 Å². The second kappa shape index (κ2) is 8.62. The molecule has 1 heterocycles. The Bertz CT molecular complexity index is 752. The van der Waals surface area contributed by atoms with E-state index in [1.807, 2.05) is 36.4 Å². The number of primary amides is 1. The Kier molecular flexibility index (Phi) is 6.01. The van der Waals surface area contributed by atoms with Gasteiger partial charge in [-0.2, -0.15) is 0 Å². The van der Waals surface area contributed by atoms with Gasteiger partial charge in [-0.15, -0.1) is 0 Å². The van der Waals surface area contributed by atoms with Gasteiger partial charge in [0.15, 0.2) is 0 Å². The maximum Gasteiger partial charge on any atom is 0.249 e. The number of hydrogen-bond donors (Lipinski definition) is 1. The van der Waals surface area contributed by atoms with Crippen molar-refractivity contribution in [3.63, 3.8) is 0 Å². The molecule has 0 unspecified atom stereocenters. The van der Waals surface area contributed by atoms with Gasteiger partial charge in [0.2, 0.25) is 5.91 Å². The summed E-state index contributed by atoms with van der Waals surface area (Å²) in [7, 11) is 0. The molecule has 1 amide bonds. The van der Waals surface area contributed by atoms with Crippen LogP contribution in [0.5, 0.6) is 0 Å². The zero-order chi connectivity index (χ0) is 17.5. The summed E-state index contributed by atoms with van der Waals surface area (Å²) in [6.07, 6.45) is 6.12. The highest BCUT2D eigenvalue weighted by molar-refractivity contribution is 6.08. The van der Waals surface area contributed by atoms with Gasteiger partial charge in [0.05, 0.1) is 5.56 Å². The summed E-state index contributed by atoms with van der Waals surface area (Å²) >= 11 is 0. The summed E-state index contributed by atoms with van der Waals surface area (Å²) in [6.45, 7) is 3.83. The van der Waals surface area contributed by atoms with Crippen LogP contribution >= 0.6 is 0 Å². The summed E-state index contributed by atoms with van der Waals surface area (Å²) in [6, 6.07) is 11.7. The number of nitrogens with two attached hydrogens (primary N) is 1. The number of fused-ring (bicyclic) bond motifs is 1. The van der Waals surface area contributed by atoms with E-state index in [1.165, 1.54) is 19.3 Å². The van der Waals surface area contributed by atoms with E-state index in [9.17, 15) is 4.79 Å². The van der Waals surface area contributed by atoms with Crippen LogP contribution in [-0.2, 0) is 11.3 Å². The molecule has 1 fully saturated rings. The van der Waals surface area contributed by atoms with Crippen molar-refractivity contribution in [2.45, 2.75) is 25.7 Å². The molecule has 0 saturated carbocycles. The first-order valence-electron chi connectivity index (χ1n) is 8.92. The Balaban J connectivity index is 1.57. The van der Waals surface area contributed by atoms with E-state index >= 15 is 0 Å². The molecule has 0 spiro atoms. The average Bonchev–Trinajstić information content (AvgIpc) is 2.64. The second-order valence-electron chi connectivity index (χ2n) is 6.41. The Morgan fingerprint density at radius 2 is 1.96 bits per heavy atom. The van der Waals surface area contributed by atoms with E-state index in [1.54, 1.807) is 6.21 Å². The number of amides is 1. The fourth-order valence-corrected chi connectivity index (χ4v) is 3.37. The smallest absolute Gasteiger partial charge is 0.249 e. The number of oxime groups is 1. The Morgan fingerprint density at radius 3 is 2.76 bits per heavy atom. The lowest BCUT2D eigenvalue weighted by molar-refractivity contribution is 0.100. The lowest BCUT2D eigenvalue weighted by Crippen LogP contribution is -2.32. The number of likely N-dealkylation sites (tertiary alicyclic amines) is 1. The van der Waals surface area contributed by atoms with E-state index < -0.39 is 5.91 Å². The van der Waals surface area contributed by atoms with Crippen molar-refractivity contribution >= 4 is 22.9 Å². The largest absolute Gasteiger partial charge is 0.395 e. The molecular formula is C20H25N3O2. The third kappa shape index (κ3) is 4.57. The van der Waals surface area contributed by atoms with Gasteiger partial charge < -0.3 is 10.6 Å². The molecule has 5 heteroatoms. The van der Waals surface area contributed by atoms with Crippen molar-refractivity contribution in [3.8, 4) is 0 Å². The summed E-state index contributed by atoms with van der Waals surface area (Å²) < 4.78 is 0. The molecule has 25 heavy (non-hydrogen) atoms. The summed E-state index contributed by atoms with van der Waals surface area (Å²) in [5.41, 5.74) is 7.03. The zero-order valence-corrected chi connectivity index (χ0v) is 14.5. The molecule has 0 aliphatic carbocycles. The molecule has 3 rings (SSSR count). The summed E-state index contributed by atoms with van der Waals surface area (Å²) in [5, 5.41) is 5.92. The van der Waals surface area contributed by atoms with Gasteiger partial charge in [-0.3, -0.25) is 9.69 Å². The number of carbonyl (C=O) groups excluding carboxylic acids is 1. The van der Waals surface area contributed by atoms with Crippen molar-refractivity contribution in [2.24, 2.45) is 10.9 Å². The van der Waals surface area contributed by atoms with Crippen LogP contribution in [0.1, 0.15) is 35.2 Å². The number of nitrogens with zero attached hydrogens (tertiary/aromatic N) is 2. The van der Waals surface area contributed by atoms with Crippen molar-refractivity contribution in [1.29, 1.82) is 0 Å². The first-order valence-corrected chi connectivity index (χ1v) is 8.92. The quantitative estimate of drug-likeness (QED) is 0.479. The molecule has 1 aliphatic heterocycles. The fraction of sp³-hybridized carbons (Fsp3) is 0.400. The molecule has 1 saturated heterocycles. The molecule has 0 aromatic heterocycles. The van der Waals surface area contributed by atoms with Gasteiger partial charge in [0.1, 0.15) is 6.61 Å². The first kappa shape index (κ1) is 17.4. The number of piperidine rings is 1. The normalized spacial score (nSPS) is 15.7. The van der Waals surface area contributed by atoms with Crippen molar-refractivity contribution in [3.05, 3.63) is 47.5 Å². The minimum Gasteiger partial charge on any atom is -0.395 e. The molecular weight excluding hydrogens is 314 g/mol. The lowest BCUT2D eigenvalue weighted by Gasteiger charge is -2.25. The maximum absolute atomic E-state index is 11.9. The minimum absolute atomic E-state index is 0.411. The van der Waals surface area contributed by atoms with Crippen LogP contribution in [0, 0.1) is 0 Å². The van der Waals surface area contributed by atoms with Crippen molar-refractivity contribution in [1.82, 2.24) is 4.90 Å². The number of rotatable bonds is 7. The molecule has 1 aliphatic rings. The first-order chi connectivity index (χ1) is 12.3. The Labute approximate surface area is 148 Å². The third-order valence-electron chi connectivity index (χ3n) is 4.67. The maximum atomic E-state index is 11.9. The average molecular weight is 339 g/mol. The van der Waals surface area contributed by atoms with Gasteiger partial charge in [-0.1, -0.05) is 48.0 Å². The molecule has 0 bridgehead atoms. The Hall–Kier alpha value is -2.40. The molecule has 2 N–H and O–H groups in total. The topological polar surface area (TPSA) is 67.9 Å². The van der Waals surface area contributed by atoms with Crippen LogP contribution in [0.2, 0.25) is 0 Å². The molecule has 0 radical (unpaired) electrons. The molecule has 5 nitrogen and oxygen atoms in total. The predicted octanol–water partition coefficient (Wildman–Crippen LogP) is 2.97. The van der Waals surface area contributed by atoms with Gasteiger partial charge in [0.25, 0.3) is 0 Å². The fourth-order valence-electron chi connectivity index (χ4n) is 3.37. The van der Waals surface area contributed by atoms with Gasteiger partial charge in [-0.25, -0.2) is 0 Å². The molecule has 2 aromatic carbocycles. The van der Waals surface area contributed by atoms with E-state index in [2.05, 4.69) is 10.1 Å². The molecule has 2 aromatic rings. The lowest BCUT2D eigenvalue weighted by atomic mass is 9.97. The van der Waals surface area contributed by atoms with Crippen molar-refractivity contribution in [2.75, 3.05) is 26.2 Å². The third-order valence-corrected chi connectivity index (χ3v) is 4.67. The summed E-state index contributed by atoms with van der Waals surface area (Å²) in [5.74, 6) is -0.411. The second-order valence-corrected chi connectivity index (χ2v) is 6.41. The van der Waals surface area contributed by atoms with Crippen molar-refractivity contribution < 1.29 is 9.63 Å². The number of hydrogen-bond acceptors (Lipinski definition) is 4. The van der Waals surface area contributed by atoms with Crippen LogP contribution in [0.15, 0.2) is 41.6 Å². The van der Waals surface area contributed by atoms with Gasteiger partial charge >= 0.3 is 0 Å². The van der Waals surface area contributed by atoms with Crippen LogP contribution in [0.3, 0.4) is 0 Å². The highest BCUT2D eigenvalue weighted by atomic mass is 16.6. The standard InChI is InChI=1S/C20H25N3O2/c21-20(24)19-17(9-8-16-6-2-3-7-18(16)19)10-11-22-25-15-14-23-12-4-1-5-13-23/h2-3,6-9,11H,1,4-5,10,12-15H2,(H2,21,24). The zero-order valence-electron chi connectivity index (χ0n) is 14.5. The predicted molar refractivity (Wildman–Crippen MR) is 101 cm³/mol. The van der Waals surface area contributed by atoms with E-state index in [-0.39, 0.29) is 0 Å². The SMILES string of the molecule is NC(=O)c1c(CC=NOCCN2CCCCC2)ccc2ccccc12. The molecule has 0 atom stereocenters. The van der Waals surface area contributed by atoms with Crippen LogP contribution in [0.25, 0.3) is 10.8 Å². The van der Waals surface area contributed by atoms with Gasteiger partial charge in [-0.05, 0) is 42.3 Å². The highest BCUT2D eigenvalue weighted by Crippen LogP contribution is 2.22. The monoisotopic (exact) mass is 339 g/mol. The van der Waals surface area contributed by atoms with Crippen LogP contribution in [0.4, 0.5) is 0 Å². The Morgan fingerprint density at radius 1 is 1.16 bits per heavy atom. The van der Waals surface area contributed by atoms with E-state index in [0.29, 0.717) is 18.6 Å². The molecule has 132 valence electrons. The van der Waals surface area contributed by atoms with E-state index in [0.717, 1.165) is 36.0 Å². The summed E-state index contributed by atoms with van der Waals surface area (Å²) in [4.78, 5) is 19.7. The van der Waals surface area contributed by atoms with E-state index in [4.69, 9.17) is 10.6 Å². The van der Waals surface area contributed by atoms with Crippen LogP contribution < -0.4 is 5.73 Å². The highest BCUT2D eigenvalue weighted by Gasteiger charge is 2.12. The minimum atomic E-state index is -0.411. The van der Waals surface area contributed by atoms with Crippen LogP contribution in [-0.4, -0.2) is 43.3 Å². The number of carbonyl (C=O) groups is 1.